The average Bonchev–Trinajstić information content (AvgIpc) is 3.50. The molecule has 1 saturated carbocycles. The predicted octanol–water partition coefficient (Wildman–Crippen LogP) is 1.40. The quantitative estimate of drug-likeness (QED) is 0.564. The minimum absolute atomic E-state index is 0.0242. The van der Waals surface area contributed by atoms with Gasteiger partial charge in [0, 0.05) is 37.4 Å². The van der Waals surface area contributed by atoms with Crippen LogP contribution in [-0.2, 0) is 25.7 Å². The molecule has 13 heteroatoms. The highest BCUT2D eigenvalue weighted by Crippen LogP contribution is 2.33. The van der Waals surface area contributed by atoms with Crippen molar-refractivity contribution in [3.05, 3.63) is 23.9 Å². The number of halogens is 3. The third-order valence-electron chi connectivity index (χ3n) is 5.34. The summed E-state index contributed by atoms with van der Waals surface area (Å²) in [5.74, 6) is -2.27. The predicted molar refractivity (Wildman–Crippen MR) is 108 cm³/mol. The molecule has 33 heavy (non-hydrogen) atoms. The van der Waals surface area contributed by atoms with Crippen LogP contribution in [0.5, 0.6) is 5.88 Å². The Kier molecular flexibility index (Phi) is 7.74. The third-order valence-corrected chi connectivity index (χ3v) is 5.34. The van der Waals surface area contributed by atoms with Gasteiger partial charge in [0.15, 0.2) is 5.60 Å². The Hall–Kier alpha value is -2.93. The number of nitrogens with zero attached hydrogens (tertiary/aromatic N) is 2. The maximum Gasteiger partial charge on any atom is 0.490 e. The van der Waals surface area contributed by atoms with Crippen LogP contribution >= 0.6 is 0 Å². The molecular formula is C20H25F3N4O6. The van der Waals surface area contributed by atoms with Crippen molar-refractivity contribution >= 4 is 17.6 Å². The highest BCUT2D eigenvalue weighted by atomic mass is 19.4. The summed E-state index contributed by atoms with van der Waals surface area (Å²) in [4.78, 5) is 31.2. The molecule has 2 atom stereocenters. The second-order valence-corrected chi connectivity index (χ2v) is 7.87. The van der Waals surface area contributed by atoms with Crippen LogP contribution in [0, 0.1) is 0 Å². The molecule has 2 fully saturated rings. The number of carbonyl (C=O) groups excluding carboxylic acids is 1. The number of carboxylic acids is 1. The molecule has 2 unspecified atom stereocenters. The second-order valence-electron chi connectivity index (χ2n) is 7.87. The van der Waals surface area contributed by atoms with Crippen LogP contribution in [0.15, 0.2) is 23.5 Å². The topological polar surface area (TPSA) is 131 Å². The fraction of sp³-hybridized carbons (Fsp3) is 0.600. The zero-order valence-corrected chi connectivity index (χ0v) is 17.9. The van der Waals surface area contributed by atoms with Gasteiger partial charge in [0.1, 0.15) is 5.71 Å². The number of nitrogens with one attached hydrogen (secondary N) is 2. The average molecular weight is 474 g/mol. The molecule has 10 nitrogen and oxygen atoms in total. The molecule has 0 aromatic carbocycles. The van der Waals surface area contributed by atoms with E-state index in [0.29, 0.717) is 43.8 Å². The minimum atomic E-state index is -5.08. The van der Waals surface area contributed by atoms with E-state index >= 15 is 0 Å². The fourth-order valence-electron chi connectivity index (χ4n) is 3.45. The van der Waals surface area contributed by atoms with E-state index in [1.54, 1.807) is 13.3 Å². The van der Waals surface area contributed by atoms with Crippen molar-refractivity contribution in [2.45, 2.75) is 56.1 Å². The van der Waals surface area contributed by atoms with E-state index in [9.17, 15) is 18.0 Å². The first-order chi connectivity index (χ1) is 15.6. The Bertz CT molecular complexity index is 893. The van der Waals surface area contributed by atoms with Gasteiger partial charge >= 0.3 is 12.1 Å². The SMILES string of the molecule is COc1ncccc1CNC1CCOCC12CC(C(=O)NC1CC1)=NO2.O=C(O)C(F)(F)F. The standard InChI is InChI=1S/C18H24N4O4.C2HF3O2/c1-24-17-12(3-2-7-19-17)10-20-15-6-8-25-11-18(15)9-14(22-26-18)16(23)21-13-4-5-13;3-2(4,5)1(6)7/h2-3,7,13,15,20H,4-6,8-11H2,1H3,(H,21,23);(H,6,7). The number of oxime groups is 1. The maximum atomic E-state index is 12.3. The van der Waals surface area contributed by atoms with Crippen LogP contribution in [0.25, 0.3) is 0 Å². The number of aliphatic carboxylic acids is 1. The van der Waals surface area contributed by atoms with Gasteiger partial charge in [-0.15, -0.1) is 0 Å². The Morgan fingerprint density at radius 2 is 2.06 bits per heavy atom. The van der Waals surface area contributed by atoms with Crippen LogP contribution in [0.3, 0.4) is 0 Å². The van der Waals surface area contributed by atoms with Gasteiger partial charge in [-0.25, -0.2) is 9.78 Å². The Morgan fingerprint density at radius 1 is 1.33 bits per heavy atom. The summed E-state index contributed by atoms with van der Waals surface area (Å²) in [5.41, 5.74) is 0.791. The zero-order valence-electron chi connectivity index (χ0n) is 17.9. The molecule has 182 valence electrons. The molecule has 1 saturated heterocycles. The number of pyridine rings is 1. The summed E-state index contributed by atoms with van der Waals surface area (Å²) in [5, 5.41) is 17.7. The van der Waals surface area contributed by atoms with Gasteiger partial charge in [-0.2, -0.15) is 13.2 Å². The second kappa shape index (κ2) is 10.3. The number of aromatic nitrogens is 1. The lowest BCUT2D eigenvalue weighted by Crippen LogP contribution is -2.57. The van der Waals surface area contributed by atoms with E-state index in [-0.39, 0.29) is 11.9 Å². The van der Waals surface area contributed by atoms with Crippen LogP contribution in [0.4, 0.5) is 13.2 Å². The monoisotopic (exact) mass is 474 g/mol. The summed E-state index contributed by atoms with van der Waals surface area (Å²) in [6.45, 7) is 1.66. The normalized spacial score (nSPS) is 24.2. The number of ether oxygens (including phenoxy) is 2. The number of alkyl halides is 3. The van der Waals surface area contributed by atoms with Gasteiger partial charge in [-0.1, -0.05) is 11.2 Å². The van der Waals surface area contributed by atoms with Crippen LogP contribution < -0.4 is 15.4 Å². The summed E-state index contributed by atoms with van der Waals surface area (Å²) >= 11 is 0. The molecule has 1 aromatic rings. The highest BCUT2D eigenvalue weighted by molar-refractivity contribution is 6.39. The summed E-state index contributed by atoms with van der Waals surface area (Å²) in [7, 11) is 1.61. The molecule has 1 spiro atoms. The van der Waals surface area contributed by atoms with E-state index in [4.69, 9.17) is 24.2 Å². The van der Waals surface area contributed by atoms with E-state index in [1.807, 2.05) is 12.1 Å². The first kappa shape index (κ1) is 24.7. The Balaban J connectivity index is 0.000000383. The lowest BCUT2D eigenvalue weighted by molar-refractivity contribution is -0.192. The fourth-order valence-corrected chi connectivity index (χ4v) is 3.45. The lowest BCUT2D eigenvalue weighted by Gasteiger charge is -2.39. The molecule has 2 aliphatic heterocycles. The summed E-state index contributed by atoms with van der Waals surface area (Å²) < 4.78 is 42.7. The number of amides is 1. The van der Waals surface area contributed by atoms with Gasteiger partial charge < -0.3 is 30.1 Å². The van der Waals surface area contributed by atoms with Crippen molar-refractivity contribution in [3.63, 3.8) is 0 Å². The summed E-state index contributed by atoms with van der Waals surface area (Å²) in [6.07, 6.45) is -0.0452. The van der Waals surface area contributed by atoms with Gasteiger partial charge in [0.25, 0.3) is 5.91 Å². The summed E-state index contributed by atoms with van der Waals surface area (Å²) in [6, 6.07) is 4.19. The molecule has 1 amide bonds. The molecule has 0 radical (unpaired) electrons. The molecule has 3 aliphatic rings. The molecule has 0 bridgehead atoms. The van der Waals surface area contributed by atoms with Crippen LogP contribution in [-0.4, -0.2) is 71.9 Å². The van der Waals surface area contributed by atoms with Gasteiger partial charge in [-0.05, 0) is 25.3 Å². The number of carboxylic acid groups (broad SMARTS) is 1. The van der Waals surface area contributed by atoms with Crippen LogP contribution in [0.1, 0.15) is 31.2 Å². The maximum absolute atomic E-state index is 12.3. The largest absolute Gasteiger partial charge is 0.490 e. The number of hydrogen-bond donors (Lipinski definition) is 3. The molecule has 1 aromatic heterocycles. The molecular weight excluding hydrogens is 449 g/mol. The Morgan fingerprint density at radius 3 is 2.70 bits per heavy atom. The number of rotatable bonds is 6. The molecule has 4 rings (SSSR count). The number of methoxy groups -OCH3 is 1. The van der Waals surface area contributed by atoms with Crippen molar-refractivity contribution < 1.29 is 42.2 Å². The zero-order chi connectivity index (χ0) is 24.1. The van der Waals surface area contributed by atoms with Crippen molar-refractivity contribution in [1.82, 2.24) is 15.6 Å². The first-order valence-electron chi connectivity index (χ1n) is 10.3. The molecule has 3 heterocycles. The van der Waals surface area contributed by atoms with Crippen molar-refractivity contribution in [3.8, 4) is 5.88 Å². The third kappa shape index (κ3) is 6.54. The van der Waals surface area contributed by atoms with E-state index in [1.165, 1.54) is 0 Å². The van der Waals surface area contributed by atoms with Gasteiger partial charge in [0.05, 0.1) is 19.8 Å². The minimum Gasteiger partial charge on any atom is -0.481 e. The smallest absolute Gasteiger partial charge is 0.481 e. The van der Waals surface area contributed by atoms with Crippen molar-refractivity contribution in [1.29, 1.82) is 0 Å². The lowest BCUT2D eigenvalue weighted by atomic mass is 9.86. The first-order valence-corrected chi connectivity index (χ1v) is 10.3. The van der Waals surface area contributed by atoms with Crippen molar-refractivity contribution in [2.75, 3.05) is 20.3 Å². The molecule has 1 aliphatic carbocycles. The molecule has 3 N–H and O–H groups in total. The van der Waals surface area contributed by atoms with Gasteiger partial charge in [-0.3, -0.25) is 4.79 Å². The van der Waals surface area contributed by atoms with E-state index < -0.39 is 17.7 Å². The van der Waals surface area contributed by atoms with Gasteiger partial charge in [0.2, 0.25) is 5.88 Å². The highest BCUT2D eigenvalue weighted by Gasteiger charge is 2.50. The number of hydrogen-bond acceptors (Lipinski definition) is 8. The number of carbonyl (C=O) groups is 2. The van der Waals surface area contributed by atoms with Crippen LogP contribution in [0.2, 0.25) is 0 Å². The van der Waals surface area contributed by atoms with Crippen molar-refractivity contribution in [2.24, 2.45) is 5.16 Å². The Labute approximate surface area is 187 Å². The van der Waals surface area contributed by atoms with E-state index in [0.717, 1.165) is 24.8 Å². The van der Waals surface area contributed by atoms with E-state index in [2.05, 4.69) is 20.8 Å².